The Balaban J connectivity index is 1.41. The second-order valence-electron chi connectivity index (χ2n) is 9.24. The molecule has 3 fully saturated rings. The number of aromatic nitrogens is 5. The van der Waals surface area contributed by atoms with Gasteiger partial charge >= 0.3 is 6.03 Å². The number of sulfone groups is 1. The highest BCUT2D eigenvalue weighted by molar-refractivity contribution is 7.89. The van der Waals surface area contributed by atoms with Crippen LogP contribution in [0.4, 0.5) is 10.5 Å². The predicted octanol–water partition coefficient (Wildman–Crippen LogP) is 2.99. The van der Waals surface area contributed by atoms with Crippen molar-refractivity contribution in [3.63, 3.8) is 0 Å². The molecule has 11 nitrogen and oxygen atoms in total. The molecular formula is C21H24ClN7O4S. The number of nitrogens with zero attached hydrogens (tertiary/aromatic N) is 6. The molecule has 4 heterocycles. The molecule has 3 aromatic rings. The summed E-state index contributed by atoms with van der Waals surface area (Å²) in [5.41, 5.74) is 0.398. The molecule has 34 heavy (non-hydrogen) atoms. The zero-order chi connectivity index (χ0) is 24.3. The summed E-state index contributed by atoms with van der Waals surface area (Å²) in [7, 11) is -1.56. The molecule has 3 aliphatic rings. The van der Waals surface area contributed by atoms with Crippen molar-refractivity contribution in [3.8, 4) is 11.4 Å². The molecule has 2 saturated heterocycles. The summed E-state index contributed by atoms with van der Waals surface area (Å²) >= 11 is 6.34. The fourth-order valence-corrected chi connectivity index (χ4v) is 5.86. The van der Waals surface area contributed by atoms with E-state index in [4.69, 9.17) is 16.0 Å². The van der Waals surface area contributed by atoms with Crippen LogP contribution in [0.2, 0.25) is 5.02 Å². The minimum atomic E-state index is -3.32. The van der Waals surface area contributed by atoms with Crippen LogP contribution in [0.15, 0.2) is 28.9 Å². The Morgan fingerprint density at radius 3 is 2.82 bits per heavy atom. The molecule has 1 aliphatic carbocycles. The summed E-state index contributed by atoms with van der Waals surface area (Å²) in [4.78, 5) is 19.4. The lowest BCUT2D eigenvalue weighted by molar-refractivity contribution is -0.110. The van der Waals surface area contributed by atoms with Crippen LogP contribution in [0.5, 0.6) is 0 Å². The Labute approximate surface area is 201 Å². The van der Waals surface area contributed by atoms with Gasteiger partial charge in [0.2, 0.25) is 11.8 Å². The molecule has 180 valence electrons. The standard InChI is InChI=1S/C21H24ClN7O4S/c1-12-6-14-9-21(8-12,19-26-25-17(33-19)10-34(3,31)32)29(14)20(30)24-13-4-5-16(22)15(7-13)18-23-11-28(2)27-18/h4-5,7,11-12,14H,6,8-10H2,1-3H3,(H,24,30)/t12-,14+,21-/m1/s1. The summed E-state index contributed by atoms with van der Waals surface area (Å²) < 4.78 is 30.6. The number of hydrogen-bond acceptors (Lipinski definition) is 8. The van der Waals surface area contributed by atoms with Gasteiger partial charge in [-0.15, -0.1) is 10.2 Å². The number of carbonyl (C=O) groups excluding carboxylic acids is 1. The van der Waals surface area contributed by atoms with Crippen LogP contribution < -0.4 is 5.32 Å². The van der Waals surface area contributed by atoms with Gasteiger partial charge in [-0.1, -0.05) is 18.5 Å². The molecular weight excluding hydrogens is 482 g/mol. The van der Waals surface area contributed by atoms with Crippen LogP contribution in [0, 0.1) is 5.92 Å². The zero-order valence-corrected chi connectivity index (χ0v) is 20.5. The van der Waals surface area contributed by atoms with E-state index in [2.05, 4.69) is 32.5 Å². The van der Waals surface area contributed by atoms with Gasteiger partial charge in [-0.3, -0.25) is 4.68 Å². The maximum atomic E-state index is 13.4. The van der Waals surface area contributed by atoms with Crippen LogP contribution in [-0.2, 0) is 28.2 Å². The lowest BCUT2D eigenvalue weighted by atomic mass is 9.64. The SMILES string of the molecule is C[C@@H]1C[C@H]2C[C@@](c3nnc(CS(C)(=O)=O)o3)(C1)N2C(=O)Nc1ccc(Cl)c(-c2ncn(C)n2)c1. The quantitative estimate of drug-likeness (QED) is 0.558. The summed E-state index contributed by atoms with van der Waals surface area (Å²) in [6, 6.07) is 4.87. The number of urea groups is 1. The van der Waals surface area contributed by atoms with Crippen molar-refractivity contribution in [2.24, 2.45) is 13.0 Å². The average Bonchev–Trinajstić information content (AvgIpc) is 3.36. The first kappa shape index (κ1) is 22.8. The fraction of sp³-hybridized carbons (Fsp3) is 0.476. The van der Waals surface area contributed by atoms with E-state index in [1.54, 1.807) is 41.2 Å². The Kier molecular flexibility index (Phi) is 5.40. The maximum absolute atomic E-state index is 13.4. The largest absolute Gasteiger partial charge is 0.422 e. The number of piperidine rings is 1. The first-order chi connectivity index (χ1) is 16.0. The van der Waals surface area contributed by atoms with Gasteiger partial charge < -0.3 is 14.6 Å². The van der Waals surface area contributed by atoms with Crippen LogP contribution in [0.25, 0.3) is 11.4 Å². The first-order valence-electron chi connectivity index (χ1n) is 10.8. The first-order valence-corrected chi connectivity index (χ1v) is 13.2. The van der Waals surface area contributed by atoms with Gasteiger partial charge in [0.1, 0.15) is 17.6 Å². The number of rotatable bonds is 5. The van der Waals surface area contributed by atoms with E-state index in [1.165, 1.54) is 0 Å². The van der Waals surface area contributed by atoms with Crippen molar-refractivity contribution >= 4 is 33.2 Å². The molecule has 2 aliphatic heterocycles. The second-order valence-corrected chi connectivity index (χ2v) is 11.8. The fourth-order valence-electron chi connectivity index (χ4n) is 5.09. The molecule has 1 saturated carbocycles. The summed E-state index contributed by atoms with van der Waals surface area (Å²) in [5, 5.41) is 15.8. The van der Waals surface area contributed by atoms with E-state index in [9.17, 15) is 13.2 Å². The highest BCUT2D eigenvalue weighted by atomic mass is 35.5. The average molecular weight is 506 g/mol. The minimum absolute atomic E-state index is 0.0261. The number of benzene rings is 1. The lowest BCUT2D eigenvalue weighted by Crippen LogP contribution is -2.70. The number of halogens is 1. The highest BCUT2D eigenvalue weighted by Gasteiger charge is 2.62. The Morgan fingerprint density at radius 1 is 1.32 bits per heavy atom. The smallest absolute Gasteiger partial charge is 0.323 e. The molecule has 2 bridgehead atoms. The van der Waals surface area contributed by atoms with Crippen molar-refractivity contribution in [1.29, 1.82) is 0 Å². The van der Waals surface area contributed by atoms with Gasteiger partial charge in [0, 0.05) is 37.0 Å². The van der Waals surface area contributed by atoms with Crippen LogP contribution in [-0.4, -0.2) is 56.6 Å². The Bertz CT molecular complexity index is 1370. The van der Waals surface area contributed by atoms with Gasteiger partial charge in [0.25, 0.3) is 0 Å². The third kappa shape index (κ3) is 4.05. The van der Waals surface area contributed by atoms with E-state index < -0.39 is 15.4 Å². The van der Waals surface area contributed by atoms with Crippen molar-refractivity contribution in [2.45, 2.75) is 43.5 Å². The van der Waals surface area contributed by atoms with E-state index >= 15 is 0 Å². The topological polar surface area (TPSA) is 136 Å². The van der Waals surface area contributed by atoms with E-state index in [1.807, 2.05) is 0 Å². The molecule has 3 atom stereocenters. The van der Waals surface area contributed by atoms with Gasteiger partial charge in [-0.25, -0.2) is 18.2 Å². The molecule has 6 rings (SSSR count). The second kappa shape index (κ2) is 8.05. The molecule has 1 aromatic carbocycles. The van der Waals surface area contributed by atoms with Crippen LogP contribution in [0.3, 0.4) is 0 Å². The number of carbonyl (C=O) groups is 1. The third-order valence-corrected chi connectivity index (χ3v) is 7.39. The monoisotopic (exact) mass is 505 g/mol. The summed E-state index contributed by atoms with van der Waals surface area (Å²) in [6.07, 6.45) is 4.89. The number of amides is 2. The van der Waals surface area contributed by atoms with Gasteiger partial charge in [0.05, 0.1) is 5.02 Å². The Morgan fingerprint density at radius 2 is 2.12 bits per heavy atom. The van der Waals surface area contributed by atoms with E-state index in [0.717, 1.165) is 12.7 Å². The molecule has 0 unspecified atom stereocenters. The molecule has 0 radical (unpaired) electrons. The normalized spacial score (nSPS) is 24.1. The van der Waals surface area contributed by atoms with Crippen molar-refractivity contribution in [3.05, 3.63) is 41.3 Å². The zero-order valence-electron chi connectivity index (χ0n) is 18.9. The van der Waals surface area contributed by atoms with Crippen molar-refractivity contribution in [2.75, 3.05) is 11.6 Å². The molecule has 0 spiro atoms. The molecule has 2 amide bonds. The Hall–Kier alpha value is -2.99. The van der Waals surface area contributed by atoms with E-state index in [0.29, 0.717) is 40.9 Å². The van der Waals surface area contributed by atoms with Gasteiger partial charge in [-0.2, -0.15) is 5.10 Å². The van der Waals surface area contributed by atoms with Gasteiger partial charge in [0.15, 0.2) is 15.7 Å². The lowest BCUT2D eigenvalue weighted by Gasteiger charge is -2.61. The number of nitrogens with one attached hydrogen (secondary N) is 1. The van der Waals surface area contributed by atoms with Crippen molar-refractivity contribution in [1.82, 2.24) is 29.9 Å². The number of fused-ring (bicyclic) bond motifs is 2. The summed E-state index contributed by atoms with van der Waals surface area (Å²) in [5.74, 6) is 0.776. The number of anilines is 1. The minimum Gasteiger partial charge on any atom is -0.422 e. The number of aryl methyl sites for hydroxylation is 1. The van der Waals surface area contributed by atoms with Gasteiger partial charge in [-0.05, 0) is 37.0 Å². The molecule has 13 heteroatoms. The van der Waals surface area contributed by atoms with Crippen LogP contribution >= 0.6 is 11.6 Å². The predicted molar refractivity (Wildman–Crippen MR) is 124 cm³/mol. The third-order valence-electron chi connectivity index (χ3n) is 6.29. The number of hydrogen-bond donors (Lipinski definition) is 1. The molecule has 2 aromatic heterocycles. The van der Waals surface area contributed by atoms with Crippen molar-refractivity contribution < 1.29 is 17.6 Å². The summed E-state index contributed by atoms with van der Waals surface area (Å²) in [6.45, 7) is 2.12. The highest BCUT2D eigenvalue weighted by Crippen LogP contribution is 2.55. The van der Waals surface area contributed by atoms with Crippen LogP contribution in [0.1, 0.15) is 38.0 Å². The molecule has 1 N–H and O–H groups in total. The maximum Gasteiger partial charge on any atom is 0.323 e. The van der Waals surface area contributed by atoms with E-state index in [-0.39, 0.29) is 29.6 Å².